The lowest BCUT2D eigenvalue weighted by molar-refractivity contribution is -0.113. The zero-order valence-electron chi connectivity index (χ0n) is 19.5. The van der Waals surface area contributed by atoms with Gasteiger partial charge in [-0.25, -0.2) is 9.78 Å². The number of ether oxygens (including phenoxy) is 2. The zero-order valence-corrected chi connectivity index (χ0v) is 20.4. The van der Waals surface area contributed by atoms with Crippen molar-refractivity contribution >= 4 is 46.3 Å². The number of amides is 2. The Kier molecular flexibility index (Phi) is 5.76. The molecule has 1 atom stereocenters. The normalized spacial score (nSPS) is 20.1. The molecule has 0 aliphatic carbocycles. The van der Waals surface area contributed by atoms with Crippen molar-refractivity contribution in [2.75, 3.05) is 49.3 Å². The van der Waals surface area contributed by atoms with Crippen molar-refractivity contribution in [2.24, 2.45) is 0 Å². The number of methoxy groups -OCH3 is 1. The van der Waals surface area contributed by atoms with Crippen molar-refractivity contribution in [3.05, 3.63) is 46.9 Å². The Bertz CT molecular complexity index is 1420. The van der Waals surface area contributed by atoms with E-state index in [0.29, 0.717) is 54.5 Å². The highest BCUT2D eigenvalue weighted by Gasteiger charge is 2.35. The fourth-order valence-electron chi connectivity index (χ4n) is 4.80. The average molecular weight is 509 g/mol. The van der Waals surface area contributed by atoms with Crippen molar-refractivity contribution in [2.45, 2.75) is 23.5 Å². The Morgan fingerprint density at radius 1 is 1.17 bits per heavy atom. The quantitative estimate of drug-likeness (QED) is 0.534. The number of fused-ring (bicyclic) bond motifs is 2. The first-order valence-electron chi connectivity index (χ1n) is 11.7. The number of pyridine rings is 1. The van der Waals surface area contributed by atoms with Crippen LogP contribution in [0.15, 0.2) is 46.2 Å². The van der Waals surface area contributed by atoms with Gasteiger partial charge in [0, 0.05) is 36.3 Å². The molecule has 3 aliphatic rings. The third-order valence-corrected chi connectivity index (χ3v) is 7.74. The van der Waals surface area contributed by atoms with Crippen molar-refractivity contribution in [1.29, 1.82) is 0 Å². The Morgan fingerprint density at radius 2 is 2.03 bits per heavy atom. The van der Waals surface area contributed by atoms with Gasteiger partial charge in [-0.2, -0.15) is 4.98 Å². The maximum absolute atomic E-state index is 12.6. The molecule has 2 aromatic heterocycles. The summed E-state index contributed by atoms with van der Waals surface area (Å²) in [5.74, 6) is 0.790. The second kappa shape index (κ2) is 9.10. The summed E-state index contributed by atoms with van der Waals surface area (Å²) in [7, 11) is 1.54. The molecule has 186 valence electrons. The number of nitrogens with zero attached hydrogens (tertiary/aromatic N) is 5. The molecular formula is C24H24N6O5S. The van der Waals surface area contributed by atoms with Crippen LogP contribution in [0.25, 0.3) is 11.2 Å². The maximum Gasteiger partial charge on any atom is 0.414 e. The van der Waals surface area contributed by atoms with E-state index in [4.69, 9.17) is 9.47 Å². The van der Waals surface area contributed by atoms with Gasteiger partial charge in [0.1, 0.15) is 11.6 Å². The number of rotatable bonds is 6. The highest BCUT2D eigenvalue weighted by Crippen LogP contribution is 2.36. The molecule has 3 aromatic rings. The smallest absolute Gasteiger partial charge is 0.414 e. The van der Waals surface area contributed by atoms with Gasteiger partial charge in [-0.3, -0.25) is 24.0 Å². The molecule has 36 heavy (non-hydrogen) atoms. The number of carbonyl (C=O) groups is 2. The van der Waals surface area contributed by atoms with Gasteiger partial charge < -0.3 is 14.8 Å². The number of cyclic esters (lactones) is 1. The van der Waals surface area contributed by atoms with Gasteiger partial charge in [-0.05, 0) is 30.7 Å². The van der Waals surface area contributed by atoms with Crippen LogP contribution in [-0.2, 0) is 9.53 Å². The lowest BCUT2D eigenvalue weighted by atomic mass is 10.1. The SMILES string of the molecule is COc1ccc2ncc(=O)n(C3CN(CCC4CN(c5ccc6c(c5)NC(=O)CS6)C(=O)O4)C3)c2n1. The first-order valence-corrected chi connectivity index (χ1v) is 12.7. The number of anilines is 2. The van der Waals surface area contributed by atoms with Gasteiger partial charge in [-0.15, -0.1) is 11.8 Å². The van der Waals surface area contributed by atoms with Gasteiger partial charge in [0.15, 0.2) is 5.65 Å². The van der Waals surface area contributed by atoms with Crippen molar-refractivity contribution in [3.8, 4) is 5.88 Å². The highest BCUT2D eigenvalue weighted by molar-refractivity contribution is 8.00. The summed E-state index contributed by atoms with van der Waals surface area (Å²) in [5.41, 5.74) is 2.41. The van der Waals surface area contributed by atoms with Gasteiger partial charge in [0.2, 0.25) is 11.8 Å². The number of benzene rings is 1. The average Bonchev–Trinajstić information content (AvgIpc) is 3.23. The Labute approximate surface area is 210 Å². The Hall–Kier alpha value is -3.64. The molecule has 1 unspecified atom stereocenters. The number of likely N-dealkylation sites (tertiary alicyclic amines) is 1. The van der Waals surface area contributed by atoms with Gasteiger partial charge >= 0.3 is 6.09 Å². The first-order chi connectivity index (χ1) is 17.5. The van der Waals surface area contributed by atoms with E-state index in [1.54, 1.807) is 21.6 Å². The molecule has 0 saturated carbocycles. The van der Waals surface area contributed by atoms with E-state index < -0.39 is 0 Å². The molecule has 6 rings (SSSR count). The molecule has 1 aromatic carbocycles. The lowest BCUT2D eigenvalue weighted by Crippen LogP contribution is -2.51. The monoisotopic (exact) mass is 508 g/mol. The van der Waals surface area contributed by atoms with Crippen LogP contribution in [0.5, 0.6) is 5.88 Å². The molecular weight excluding hydrogens is 484 g/mol. The largest absolute Gasteiger partial charge is 0.481 e. The van der Waals surface area contributed by atoms with E-state index in [1.807, 2.05) is 18.2 Å². The third-order valence-electron chi connectivity index (χ3n) is 6.67. The van der Waals surface area contributed by atoms with Crippen molar-refractivity contribution in [3.63, 3.8) is 0 Å². The number of aromatic nitrogens is 3. The summed E-state index contributed by atoms with van der Waals surface area (Å²) in [6.45, 7) is 2.59. The molecule has 0 bridgehead atoms. The molecule has 12 heteroatoms. The number of nitrogens with one attached hydrogen (secondary N) is 1. The molecule has 0 radical (unpaired) electrons. The third kappa shape index (κ3) is 4.16. The van der Waals surface area contributed by atoms with Crippen LogP contribution in [0.2, 0.25) is 0 Å². The molecule has 2 amide bonds. The molecule has 3 aliphatic heterocycles. The standard InChI is InChI=1S/C24H24N6O5S/c1-34-21-5-3-17-23(27-21)30(22(32)9-25-17)15-10-28(11-15)7-6-16-12-29(24(33)35-16)14-2-4-19-18(8-14)26-20(31)13-36-19/h2-5,8-9,15-16H,6-7,10-13H2,1H3,(H,26,31). The fraction of sp³-hybridized carbons (Fsp3) is 0.375. The van der Waals surface area contributed by atoms with Gasteiger partial charge in [0.05, 0.1) is 37.3 Å². The summed E-state index contributed by atoms with van der Waals surface area (Å²) >= 11 is 1.48. The Balaban J connectivity index is 1.07. The van der Waals surface area contributed by atoms with Crippen LogP contribution in [0.3, 0.4) is 0 Å². The van der Waals surface area contributed by atoms with Crippen LogP contribution in [-0.4, -0.2) is 76.6 Å². The van der Waals surface area contributed by atoms with E-state index in [0.717, 1.165) is 17.1 Å². The topological polar surface area (TPSA) is 119 Å². The predicted molar refractivity (Wildman–Crippen MR) is 134 cm³/mol. The minimum absolute atomic E-state index is 0.00573. The van der Waals surface area contributed by atoms with Crippen LogP contribution in [0.1, 0.15) is 12.5 Å². The first kappa shape index (κ1) is 22.8. The molecule has 11 nitrogen and oxygen atoms in total. The molecule has 0 spiro atoms. The number of thioether (sulfide) groups is 1. The van der Waals surface area contributed by atoms with Crippen LogP contribution < -0.4 is 20.5 Å². The van der Waals surface area contributed by atoms with Crippen LogP contribution >= 0.6 is 11.8 Å². The van der Waals surface area contributed by atoms with E-state index in [1.165, 1.54) is 25.1 Å². The second-order valence-electron chi connectivity index (χ2n) is 9.00. The second-order valence-corrected chi connectivity index (χ2v) is 10.0. The number of carbonyl (C=O) groups excluding carboxylic acids is 2. The summed E-state index contributed by atoms with van der Waals surface area (Å²) in [4.78, 5) is 50.3. The summed E-state index contributed by atoms with van der Waals surface area (Å²) in [6.07, 6.45) is 1.40. The number of hydrogen-bond donors (Lipinski definition) is 1. The minimum Gasteiger partial charge on any atom is -0.481 e. The minimum atomic E-state index is -0.383. The predicted octanol–water partition coefficient (Wildman–Crippen LogP) is 2.12. The maximum atomic E-state index is 12.6. The van der Waals surface area contributed by atoms with Crippen molar-refractivity contribution in [1.82, 2.24) is 19.4 Å². The van der Waals surface area contributed by atoms with Crippen molar-refractivity contribution < 1.29 is 19.1 Å². The fourth-order valence-corrected chi connectivity index (χ4v) is 5.58. The summed E-state index contributed by atoms with van der Waals surface area (Å²) in [5, 5.41) is 2.86. The highest BCUT2D eigenvalue weighted by atomic mass is 32.2. The molecule has 5 heterocycles. The zero-order chi connectivity index (χ0) is 24.8. The molecule has 2 saturated heterocycles. The lowest BCUT2D eigenvalue weighted by Gasteiger charge is -2.40. The van der Waals surface area contributed by atoms with E-state index in [9.17, 15) is 14.4 Å². The van der Waals surface area contributed by atoms with Gasteiger partial charge in [0.25, 0.3) is 5.56 Å². The van der Waals surface area contributed by atoms with Crippen LogP contribution in [0.4, 0.5) is 16.2 Å². The van der Waals surface area contributed by atoms with E-state index in [2.05, 4.69) is 20.2 Å². The summed E-state index contributed by atoms with van der Waals surface area (Å²) < 4.78 is 12.5. The van der Waals surface area contributed by atoms with E-state index in [-0.39, 0.29) is 29.7 Å². The molecule has 2 fully saturated rings. The summed E-state index contributed by atoms with van der Waals surface area (Å²) in [6, 6.07) is 9.14. The van der Waals surface area contributed by atoms with Gasteiger partial charge in [-0.1, -0.05) is 0 Å². The number of hydrogen-bond acceptors (Lipinski definition) is 9. The van der Waals surface area contributed by atoms with Crippen LogP contribution in [0, 0.1) is 0 Å². The molecule has 1 N–H and O–H groups in total. The van der Waals surface area contributed by atoms with E-state index >= 15 is 0 Å². The Morgan fingerprint density at radius 3 is 2.86 bits per heavy atom.